The Morgan fingerprint density at radius 2 is 2.18 bits per heavy atom. The van der Waals surface area contributed by atoms with Crippen LogP contribution in [-0.4, -0.2) is 40.1 Å². The molecule has 0 N–H and O–H groups in total. The van der Waals surface area contributed by atoms with Gasteiger partial charge >= 0.3 is 0 Å². The van der Waals surface area contributed by atoms with Gasteiger partial charge in [0.1, 0.15) is 0 Å². The summed E-state index contributed by atoms with van der Waals surface area (Å²) in [4.78, 5) is 0. The lowest BCUT2D eigenvalue weighted by atomic mass is 10.4. The first-order valence-electron chi connectivity index (χ1n) is 3.19. The van der Waals surface area contributed by atoms with E-state index in [0.29, 0.717) is 19.8 Å². The summed E-state index contributed by atoms with van der Waals surface area (Å²) in [6.45, 7) is 1.28. The SMILES string of the molecule is O=S(=O)(Cl)C[C@@H]1COCCO1. The first-order chi connectivity index (χ1) is 5.08. The van der Waals surface area contributed by atoms with E-state index in [2.05, 4.69) is 0 Å². The number of ether oxygens (including phenoxy) is 2. The molecule has 0 aromatic rings. The standard InChI is InChI=1S/C5H9ClO4S/c6-11(7,8)4-5-3-9-1-2-10-5/h5H,1-4H2/t5-/m0/s1. The minimum atomic E-state index is -3.46. The molecule has 1 rings (SSSR count). The molecule has 6 heteroatoms. The summed E-state index contributed by atoms with van der Waals surface area (Å²) in [6.07, 6.45) is -0.397. The van der Waals surface area contributed by atoms with Crippen molar-refractivity contribution in [3.8, 4) is 0 Å². The lowest BCUT2D eigenvalue weighted by Crippen LogP contribution is -2.33. The van der Waals surface area contributed by atoms with Gasteiger partial charge in [-0.1, -0.05) is 0 Å². The maximum atomic E-state index is 10.5. The second kappa shape index (κ2) is 3.71. The predicted molar refractivity (Wildman–Crippen MR) is 40.2 cm³/mol. The second-order valence-electron chi connectivity index (χ2n) is 2.27. The molecule has 11 heavy (non-hydrogen) atoms. The molecule has 0 bridgehead atoms. The van der Waals surface area contributed by atoms with E-state index in [-0.39, 0.29) is 5.75 Å². The molecule has 0 aliphatic carbocycles. The summed E-state index contributed by atoms with van der Waals surface area (Å²) in [5.41, 5.74) is 0. The van der Waals surface area contributed by atoms with Gasteiger partial charge in [-0.15, -0.1) is 0 Å². The molecule has 0 amide bonds. The molecule has 1 heterocycles. The average molecular weight is 201 g/mol. The first kappa shape index (κ1) is 9.25. The summed E-state index contributed by atoms with van der Waals surface area (Å²) in [6, 6.07) is 0. The minimum Gasteiger partial charge on any atom is -0.376 e. The van der Waals surface area contributed by atoms with E-state index < -0.39 is 15.2 Å². The molecule has 0 aromatic carbocycles. The molecule has 1 fully saturated rings. The van der Waals surface area contributed by atoms with Crippen LogP contribution < -0.4 is 0 Å². The lowest BCUT2D eigenvalue weighted by molar-refractivity contribution is -0.0781. The van der Waals surface area contributed by atoms with Gasteiger partial charge < -0.3 is 9.47 Å². The highest BCUT2D eigenvalue weighted by atomic mass is 35.7. The number of hydrogen-bond donors (Lipinski definition) is 0. The third-order valence-corrected chi connectivity index (χ3v) is 2.42. The summed E-state index contributed by atoms with van der Waals surface area (Å²) in [5.74, 6) is -0.172. The van der Waals surface area contributed by atoms with Crippen LogP contribution >= 0.6 is 10.7 Å². The predicted octanol–water partition coefficient (Wildman–Crippen LogP) is -0.0296. The summed E-state index contributed by atoms with van der Waals surface area (Å²) in [7, 11) is 1.55. The Bertz CT molecular complexity index is 207. The van der Waals surface area contributed by atoms with E-state index in [1.807, 2.05) is 0 Å². The highest BCUT2D eigenvalue weighted by molar-refractivity contribution is 8.13. The number of hydrogen-bond acceptors (Lipinski definition) is 4. The lowest BCUT2D eigenvalue weighted by Gasteiger charge is -2.21. The smallest absolute Gasteiger partial charge is 0.235 e. The third-order valence-electron chi connectivity index (χ3n) is 1.27. The quantitative estimate of drug-likeness (QED) is 0.588. The molecule has 0 aromatic heterocycles. The summed E-state index contributed by atoms with van der Waals surface area (Å²) >= 11 is 0. The van der Waals surface area contributed by atoms with E-state index in [9.17, 15) is 8.42 Å². The molecule has 0 radical (unpaired) electrons. The van der Waals surface area contributed by atoms with Gasteiger partial charge in [0.25, 0.3) is 0 Å². The van der Waals surface area contributed by atoms with Crippen molar-refractivity contribution in [2.24, 2.45) is 0 Å². The fraction of sp³-hybridized carbons (Fsp3) is 1.00. The van der Waals surface area contributed by atoms with Crippen LogP contribution in [0.3, 0.4) is 0 Å². The average Bonchev–Trinajstić information content (AvgIpc) is 1.85. The fourth-order valence-electron chi connectivity index (χ4n) is 0.855. The topological polar surface area (TPSA) is 52.6 Å². The van der Waals surface area contributed by atoms with Crippen LogP contribution in [0.4, 0.5) is 0 Å². The van der Waals surface area contributed by atoms with Crippen molar-refractivity contribution >= 4 is 19.7 Å². The molecule has 0 spiro atoms. The molecule has 1 aliphatic rings. The van der Waals surface area contributed by atoms with Crippen molar-refractivity contribution in [3.05, 3.63) is 0 Å². The highest BCUT2D eigenvalue weighted by Crippen LogP contribution is 2.06. The van der Waals surface area contributed by atoms with E-state index >= 15 is 0 Å². The Morgan fingerprint density at radius 3 is 2.64 bits per heavy atom. The zero-order valence-corrected chi connectivity index (χ0v) is 7.40. The van der Waals surface area contributed by atoms with Crippen molar-refractivity contribution in [3.63, 3.8) is 0 Å². The zero-order chi connectivity index (χ0) is 8.32. The van der Waals surface area contributed by atoms with Crippen LogP contribution in [0.25, 0.3) is 0 Å². The Hall–Kier alpha value is 0.160. The van der Waals surface area contributed by atoms with E-state index in [4.69, 9.17) is 20.2 Å². The van der Waals surface area contributed by atoms with Gasteiger partial charge in [-0.2, -0.15) is 0 Å². The number of halogens is 1. The van der Waals surface area contributed by atoms with E-state index in [0.717, 1.165) is 0 Å². The van der Waals surface area contributed by atoms with Gasteiger partial charge in [0.15, 0.2) is 0 Å². The molecule has 66 valence electrons. The van der Waals surface area contributed by atoms with Gasteiger partial charge in [0.2, 0.25) is 9.05 Å². The Kier molecular flexibility index (Phi) is 3.12. The van der Waals surface area contributed by atoms with Gasteiger partial charge in [0, 0.05) is 10.7 Å². The van der Waals surface area contributed by atoms with Crippen molar-refractivity contribution in [1.82, 2.24) is 0 Å². The van der Waals surface area contributed by atoms with Gasteiger partial charge in [-0.25, -0.2) is 8.42 Å². The molecule has 1 atom stereocenters. The fourth-order valence-corrected chi connectivity index (χ4v) is 1.91. The van der Waals surface area contributed by atoms with Crippen molar-refractivity contribution in [2.75, 3.05) is 25.6 Å². The van der Waals surface area contributed by atoms with Crippen LogP contribution in [0.1, 0.15) is 0 Å². The molecule has 4 nitrogen and oxygen atoms in total. The van der Waals surface area contributed by atoms with Gasteiger partial charge in [0.05, 0.1) is 31.7 Å². The molecule has 1 saturated heterocycles. The van der Waals surface area contributed by atoms with E-state index in [1.54, 1.807) is 0 Å². The maximum absolute atomic E-state index is 10.5. The highest BCUT2D eigenvalue weighted by Gasteiger charge is 2.20. The van der Waals surface area contributed by atoms with Crippen molar-refractivity contribution in [1.29, 1.82) is 0 Å². The third kappa shape index (κ3) is 3.91. The molecule has 1 aliphatic heterocycles. The Labute approximate surface area is 69.9 Å². The minimum absolute atomic E-state index is 0.172. The van der Waals surface area contributed by atoms with Crippen molar-refractivity contribution in [2.45, 2.75) is 6.10 Å². The molecule has 0 unspecified atom stereocenters. The Balaban J connectivity index is 2.36. The normalized spacial score (nSPS) is 26.8. The van der Waals surface area contributed by atoms with Gasteiger partial charge in [-0.05, 0) is 0 Å². The molecular weight excluding hydrogens is 192 g/mol. The van der Waals surface area contributed by atoms with Crippen LogP contribution in [-0.2, 0) is 18.5 Å². The number of rotatable bonds is 2. The van der Waals surface area contributed by atoms with Gasteiger partial charge in [-0.3, -0.25) is 0 Å². The zero-order valence-electron chi connectivity index (χ0n) is 5.82. The summed E-state index contributed by atoms with van der Waals surface area (Å²) in [5, 5.41) is 0. The Morgan fingerprint density at radius 1 is 1.45 bits per heavy atom. The largest absolute Gasteiger partial charge is 0.376 e. The van der Waals surface area contributed by atoms with Crippen LogP contribution in [0.5, 0.6) is 0 Å². The van der Waals surface area contributed by atoms with Crippen molar-refractivity contribution < 1.29 is 17.9 Å². The first-order valence-corrected chi connectivity index (χ1v) is 5.67. The summed E-state index contributed by atoms with van der Waals surface area (Å²) < 4.78 is 31.1. The molecular formula is C5H9ClO4S. The van der Waals surface area contributed by atoms with E-state index in [1.165, 1.54) is 0 Å². The van der Waals surface area contributed by atoms with Crippen LogP contribution in [0.2, 0.25) is 0 Å². The maximum Gasteiger partial charge on any atom is 0.235 e. The van der Waals surface area contributed by atoms with Crippen LogP contribution in [0, 0.1) is 0 Å². The van der Waals surface area contributed by atoms with Crippen LogP contribution in [0.15, 0.2) is 0 Å². The second-order valence-corrected chi connectivity index (χ2v) is 5.09. The monoisotopic (exact) mass is 200 g/mol. The molecule has 0 saturated carbocycles.